The summed E-state index contributed by atoms with van der Waals surface area (Å²) in [6.45, 7) is 5.53. The number of guanidine groups is 2. The van der Waals surface area contributed by atoms with Crippen molar-refractivity contribution in [3.63, 3.8) is 0 Å². The van der Waals surface area contributed by atoms with Crippen LogP contribution in [0.4, 0.5) is 0 Å². The van der Waals surface area contributed by atoms with Gasteiger partial charge in [0, 0.05) is 6.54 Å². The number of aliphatic imine (C=N–C) groups is 2. The summed E-state index contributed by atoms with van der Waals surface area (Å²) >= 11 is 0. The smallest absolute Gasteiger partial charge is 0.195 e. The lowest BCUT2D eigenvalue weighted by molar-refractivity contribution is 0.638. The molecule has 0 spiro atoms. The number of aryl methyl sites for hydroxylation is 1. The van der Waals surface area contributed by atoms with E-state index in [0.29, 0.717) is 18.5 Å². The summed E-state index contributed by atoms with van der Waals surface area (Å²) < 4.78 is 0. The molecule has 0 unspecified atom stereocenters. The minimum Gasteiger partial charge on any atom is -0.370 e. The van der Waals surface area contributed by atoms with Crippen molar-refractivity contribution >= 4 is 11.9 Å². The van der Waals surface area contributed by atoms with E-state index in [1.54, 1.807) is 0 Å². The first-order valence-corrected chi connectivity index (χ1v) is 8.04. The molecule has 0 radical (unpaired) electrons. The molecule has 0 aromatic heterocycles. The van der Waals surface area contributed by atoms with Gasteiger partial charge in [0.1, 0.15) is 0 Å². The Labute approximate surface area is 133 Å². The Morgan fingerprint density at radius 3 is 2.27 bits per heavy atom. The lowest BCUT2D eigenvalue weighted by atomic mass is 10.1. The van der Waals surface area contributed by atoms with Gasteiger partial charge >= 0.3 is 0 Å². The normalized spacial score (nSPS) is 12.5. The van der Waals surface area contributed by atoms with Gasteiger partial charge in [0.2, 0.25) is 0 Å². The van der Waals surface area contributed by atoms with Gasteiger partial charge in [-0.05, 0) is 18.9 Å². The molecule has 0 bridgehead atoms. The van der Waals surface area contributed by atoms with Crippen LogP contribution in [0.5, 0.6) is 0 Å². The molecule has 22 heavy (non-hydrogen) atoms. The topological polar surface area (TPSA) is 88.8 Å². The third-order valence-corrected chi connectivity index (χ3v) is 3.35. The van der Waals surface area contributed by atoms with Gasteiger partial charge < -0.3 is 11.5 Å². The van der Waals surface area contributed by atoms with Crippen LogP contribution in [0.15, 0.2) is 34.3 Å². The van der Waals surface area contributed by atoms with Crippen molar-refractivity contribution in [2.24, 2.45) is 21.5 Å². The van der Waals surface area contributed by atoms with E-state index in [1.807, 2.05) is 12.1 Å². The van der Waals surface area contributed by atoms with Gasteiger partial charge in [0.05, 0.1) is 6.54 Å². The van der Waals surface area contributed by atoms with E-state index >= 15 is 0 Å². The molecule has 122 valence electrons. The number of benzene rings is 1. The Hall–Kier alpha value is -2.04. The van der Waals surface area contributed by atoms with Crippen molar-refractivity contribution in [3.05, 3.63) is 35.4 Å². The second kappa shape index (κ2) is 10.7. The molecule has 5 nitrogen and oxygen atoms in total. The predicted molar refractivity (Wildman–Crippen MR) is 94.9 cm³/mol. The van der Waals surface area contributed by atoms with E-state index in [0.717, 1.165) is 18.5 Å². The van der Waals surface area contributed by atoms with E-state index in [9.17, 15) is 0 Å². The number of rotatable bonds is 8. The third kappa shape index (κ3) is 8.29. The first-order valence-electron chi connectivity index (χ1n) is 8.04. The fourth-order valence-electron chi connectivity index (χ4n) is 2.00. The number of nitrogens with two attached hydrogens (primary N) is 2. The monoisotopic (exact) mass is 303 g/mol. The first kappa shape index (κ1) is 18.0. The lowest BCUT2D eigenvalue weighted by Crippen LogP contribution is -2.41. The molecule has 0 atom stereocenters. The van der Waals surface area contributed by atoms with Crippen LogP contribution in [0, 0.1) is 6.92 Å². The molecule has 0 heterocycles. The van der Waals surface area contributed by atoms with E-state index in [1.165, 1.54) is 31.2 Å². The molecular weight excluding hydrogens is 274 g/mol. The standard InChI is InChI=1S/C17H29N5/c1-3-4-5-6-7-12-20-16(18)22-17(19)21-13-15-10-8-14(2)9-11-15/h8-11H,3-7,12-13H2,1-2H3,(H5,18,19,20,21,22). The van der Waals surface area contributed by atoms with Gasteiger partial charge in [-0.3, -0.25) is 10.3 Å². The van der Waals surface area contributed by atoms with Crippen LogP contribution in [-0.2, 0) is 6.54 Å². The van der Waals surface area contributed by atoms with Crippen LogP contribution in [0.1, 0.15) is 50.2 Å². The van der Waals surface area contributed by atoms with Gasteiger partial charge in [-0.2, -0.15) is 0 Å². The zero-order valence-corrected chi connectivity index (χ0v) is 13.8. The summed E-state index contributed by atoms with van der Waals surface area (Å²) in [4.78, 5) is 8.51. The quantitative estimate of drug-likeness (QED) is 0.392. The molecule has 0 aliphatic heterocycles. The lowest BCUT2D eigenvalue weighted by Gasteiger charge is -2.05. The van der Waals surface area contributed by atoms with Crippen molar-refractivity contribution in [1.29, 1.82) is 0 Å². The molecule has 0 aliphatic carbocycles. The highest BCUT2D eigenvalue weighted by Gasteiger charge is 1.96. The SMILES string of the molecule is CCCCCCCN=C(N)NC(N)=NCc1ccc(C)cc1. The molecule has 0 saturated carbocycles. The molecule has 5 N–H and O–H groups in total. The van der Waals surface area contributed by atoms with Crippen LogP contribution in [0.2, 0.25) is 0 Å². The van der Waals surface area contributed by atoms with E-state index < -0.39 is 0 Å². The minimum absolute atomic E-state index is 0.299. The summed E-state index contributed by atoms with van der Waals surface area (Å²) in [5.41, 5.74) is 13.9. The van der Waals surface area contributed by atoms with E-state index in [-0.39, 0.29) is 0 Å². The van der Waals surface area contributed by atoms with Crippen LogP contribution >= 0.6 is 0 Å². The summed E-state index contributed by atoms with van der Waals surface area (Å²) in [6, 6.07) is 8.20. The Morgan fingerprint density at radius 2 is 1.59 bits per heavy atom. The number of nitrogens with one attached hydrogen (secondary N) is 1. The largest absolute Gasteiger partial charge is 0.370 e. The summed E-state index contributed by atoms with van der Waals surface area (Å²) in [5, 5.41) is 2.82. The number of unbranched alkanes of at least 4 members (excludes halogenated alkanes) is 4. The molecular formula is C17H29N5. The van der Waals surface area contributed by atoms with Gasteiger partial charge in [0.25, 0.3) is 0 Å². The van der Waals surface area contributed by atoms with Crippen LogP contribution < -0.4 is 16.8 Å². The highest BCUT2D eigenvalue weighted by atomic mass is 15.2. The van der Waals surface area contributed by atoms with Gasteiger partial charge in [-0.25, -0.2) is 4.99 Å². The van der Waals surface area contributed by atoms with Gasteiger partial charge in [-0.15, -0.1) is 0 Å². The van der Waals surface area contributed by atoms with Crippen molar-refractivity contribution in [1.82, 2.24) is 5.32 Å². The summed E-state index contributed by atoms with van der Waals surface area (Å²) in [5.74, 6) is 0.633. The minimum atomic E-state index is 0.299. The molecule has 0 saturated heterocycles. The molecule has 1 rings (SSSR count). The molecule has 0 amide bonds. The number of hydrogen-bond donors (Lipinski definition) is 3. The Bertz CT molecular complexity index is 476. The Kier molecular flexibility index (Phi) is 8.72. The Balaban J connectivity index is 2.28. The van der Waals surface area contributed by atoms with Crippen molar-refractivity contribution in [3.8, 4) is 0 Å². The maximum Gasteiger partial charge on any atom is 0.195 e. The van der Waals surface area contributed by atoms with Gasteiger partial charge in [-0.1, -0.05) is 62.4 Å². The van der Waals surface area contributed by atoms with E-state index in [2.05, 4.69) is 41.3 Å². The zero-order chi connectivity index (χ0) is 16.2. The highest BCUT2D eigenvalue weighted by Crippen LogP contribution is 2.04. The third-order valence-electron chi connectivity index (χ3n) is 3.35. The zero-order valence-electron chi connectivity index (χ0n) is 13.8. The van der Waals surface area contributed by atoms with Crippen molar-refractivity contribution in [2.75, 3.05) is 6.54 Å². The van der Waals surface area contributed by atoms with Crippen LogP contribution in [-0.4, -0.2) is 18.5 Å². The van der Waals surface area contributed by atoms with Crippen molar-refractivity contribution in [2.45, 2.75) is 52.5 Å². The fraction of sp³-hybridized carbons (Fsp3) is 0.529. The average molecular weight is 303 g/mol. The average Bonchev–Trinajstić information content (AvgIpc) is 2.50. The second-order valence-corrected chi connectivity index (χ2v) is 5.49. The number of nitrogens with zero attached hydrogens (tertiary/aromatic N) is 2. The Morgan fingerprint density at radius 1 is 0.955 bits per heavy atom. The number of hydrogen-bond acceptors (Lipinski definition) is 2. The van der Waals surface area contributed by atoms with Crippen LogP contribution in [0.25, 0.3) is 0 Å². The first-order chi connectivity index (χ1) is 10.6. The molecule has 5 heteroatoms. The predicted octanol–water partition coefficient (Wildman–Crippen LogP) is 2.68. The molecule has 0 fully saturated rings. The maximum absolute atomic E-state index is 5.80. The molecule has 1 aromatic carbocycles. The fourth-order valence-corrected chi connectivity index (χ4v) is 2.00. The van der Waals surface area contributed by atoms with E-state index in [4.69, 9.17) is 11.5 Å². The maximum atomic E-state index is 5.80. The van der Waals surface area contributed by atoms with Gasteiger partial charge in [0.15, 0.2) is 11.9 Å². The van der Waals surface area contributed by atoms with Crippen molar-refractivity contribution < 1.29 is 0 Å². The van der Waals surface area contributed by atoms with Crippen LogP contribution in [0.3, 0.4) is 0 Å². The second-order valence-electron chi connectivity index (χ2n) is 5.49. The molecule has 1 aromatic rings. The summed E-state index contributed by atoms with van der Waals surface area (Å²) in [7, 11) is 0. The summed E-state index contributed by atoms with van der Waals surface area (Å²) in [6.07, 6.45) is 6.06. The highest BCUT2D eigenvalue weighted by molar-refractivity contribution is 5.96. The molecule has 0 aliphatic rings.